The Hall–Kier alpha value is -1.11. The van der Waals surface area contributed by atoms with Gasteiger partial charge < -0.3 is 40.3 Å². The largest absolute Gasteiger partial charge is 0.469 e. The number of rotatable bonds is 30. The molecule has 1 rings (SSSR count). The maximum atomic E-state index is 12.9. The number of aliphatic hydroxyl groups excluding tert-OH is 4. The van der Waals surface area contributed by atoms with Gasteiger partial charge in [-0.1, -0.05) is 136 Å². The van der Waals surface area contributed by atoms with Crippen molar-refractivity contribution in [3.63, 3.8) is 0 Å². The average molecular weight is 724 g/mol. The fourth-order valence-corrected chi connectivity index (χ4v) is 7.27. The number of hydrogen-bond donors (Lipinski definition) is 7. The summed E-state index contributed by atoms with van der Waals surface area (Å²) in [5, 5.41) is 44.6. The molecule has 0 heterocycles. The molecule has 0 unspecified atom stereocenters. The molecule has 12 nitrogen and oxygen atoms in total. The van der Waals surface area contributed by atoms with E-state index in [1.807, 2.05) is 0 Å². The van der Waals surface area contributed by atoms with E-state index in [9.17, 15) is 44.4 Å². The van der Waals surface area contributed by atoms with Crippen LogP contribution in [-0.2, 0) is 23.4 Å². The smallest absolute Gasteiger partial charge is 0.459 e. The van der Waals surface area contributed by atoms with Crippen molar-refractivity contribution < 1.29 is 53.6 Å². The Bertz CT molecular complexity index is 904. The van der Waals surface area contributed by atoms with Gasteiger partial charge in [-0.3, -0.25) is 14.1 Å². The van der Waals surface area contributed by atoms with E-state index < -0.39 is 68.8 Å². The summed E-state index contributed by atoms with van der Waals surface area (Å²) in [4.78, 5) is 44.6. The van der Waals surface area contributed by atoms with Gasteiger partial charge in [-0.15, -0.1) is 0 Å². The van der Waals surface area contributed by atoms with Crippen LogP contribution in [0.2, 0.25) is 0 Å². The van der Waals surface area contributed by atoms with Crippen LogP contribution < -0.4 is 5.32 Å². The van der Waals surface area contributed by atoms with Crippen LogP contribution >= 0.6 is 7.82 Å². The topological polar surface area (TPSA) is 203 Å². The lowest BCUT2D eigenvalue weighted by atomic mass is 9.79. The van der Waals surface area contributed by atoms with Crippen molar-refractivity contribution in [2.75, 3.05) is 6.61 Å². The highest BCUT2D eigenvalue weighted by Gasteiger charge is 2.49. The summed E-state index contributed by atoms with van der Waals surface area (Å²) in [6.45, 7) is 3.80. The number of aliphatic hydroxyl groups is 4. The van der Waals surface area contributed by atoms with E-state index in [1.54, 1.807) is 0 Å². The predicted octanol–water partition coefficient (Wildman–Crippen LogP) is 5.97. The van der Waals surface area contributed by atoms with Crippen LogP contribution in [0.4, 0.5) is 0 Å². The molecular formula is C36H70NO11P. The summed E-state index contributed by atoms with van der Waals surface area (Å²) >= 11 is 0. The second-order valence-electron chi connectivity index (χ2n) is 14.2. The Balaban J connectivity index is 2.60. The minimum Gasteiger partial charge on any atom is -0.459 e. The molecule has 0 saturated heterocycles. The van der Waals surface area contributed by atoms with Crippen LogP contribution in [0.5, 0.6) is 0 Å². The molecular weight excluding hydrogens is 653 g/mol. The van der Waals surface area contributed by atoms with Gasteiger partial charge in [0.1, 0.15) is 12.2 Å². The zero-order valence-electron chi connectivity index (χ0n) is 30.4. The van der Waals surface area contributed by atoms with E-state index in [-0.39, 0.29) is 19.3 Å². The standard InChI is InChI=1S/C36H70NO11P/c1-3-5-7-9-11-13-15-17-18-20-22-29(39)25-32(41)37-34-31(48-49(44,45)46)24-28(27-38)36(35(34)43)47-33(42)26-30(40)23-21-19-16-14-12-10-8-6-4-2/h28-31,34-36,38-40,43H,3-27H2,1-2H3,(H,37,41)(H2,44,45,46)/t28-,29-,30-,31+,34+,35-,36-/m1/s1. The first-order chi connectivity index (χ1) is 23.4. The number of amides is 1. The number of esters is 1. The fourth-order valence-electron chi connectivity index (χ4n) is 6.70. The summed E-state index contributed by atoms with van der Waals surface area (Å²) in [6, 6.07) is -1.39. The van der Waals surface area contributed by atoms with Gasteiger partial charge >= 0.3 is 13.8 Å². The molecule has 7 atom stereocenters. The molecule has 0 spiro atoms. The van der Waals surface area contributed by atoms with Crippen LogP contribution in [-0.4, -0.2) is 85.3 Å². The molecule has 0 aromatic carbocycles. The zero-order valence-corrected chi connectivity index (χ0v) is 31.3. The van der Waals surface area contributed by atoms with Gasteiger partial charge in [0.2, 0.25) is 5.91 Å². The molecule has 7 N–H and O–H groups in total. The van der Waals surface area contributed by atoms with Crippen molar-refractivity contribution in [2.24, 2.45) is 5.92 Å². The normalized spacial score (nSPS) is 22.5. The molecule has 0 aromatic rings. The average Bonchev–Trinajstić information content (AvgIpc) is 3.03. The Morgan fingerprint density at radius 2 is 1.16 bits per heavy atom. The van der Waals surface area contributed by atoms with E-state index in [2.05, 4.69) is 19.2 Å². The summed E-state index contributed by atoms with van der Waals surface area (Å²) in [5.74, 6) is -2.40. The van der Waals surface area contributed by atoms with Crippen molar-refractivity contribution in [1.82, 2.24) is 5.32 Å². The van der Waals surface area contributed by atoms with E-state index in [4.69, 9.17) is 9.26 Å². The second-order valence-corrected chi connectivity index (χ2v) is 15.3. The molecule has 49 heavy (non-hydrogen) atoms. The number of unbranched alkanes of at least 4 members (excludes halogenated alkanes) is 17. The Morgan fingerprint density at radius 3 is 1.59 bits per heavy atom. The maximum absolute atomic E-state index is 12.9. The van der Waals surface area contributed by atoms with E-state index in [0.29, 0.717) is 12.8 Å². The number of carbonyl (C=O) groups is 2. The van der Waals surface area contributed by atoms with Gasteiger partial charge in [-0.25, -0.2) is 4.57 Å². The third kappa shape index (κ3) is 22.4. The van der Waals surface area contributed by atoms with Gasteiger partial charge in [-0.2, -0.15) is 0 Å². The minimum absolute atomic E-state index is 0.232. The molecule has 1 aliphatic carbocycles. The van der Waals surface area contributed by atoms with Crippen LogP contribution in [0.1, 0.15) is 168 Å². The first kappa shape index (κ1) is 45.9. The lowest BCUT2D eigenvalue weighted by molar-refractivity contribution is -0.176. The quantitative estimate of drug-likeness (QED) is 0.0261. The van der Waals surface area contributed by atoms with Gasteiger partial charge in [0.05, 0.1) is 37.2 Å². The van der Waals surface area contributed by atoms with Crippen LogP contribution in [0.25, 0.3) is 0 Å². The molecule has 1 saturated carbocycles. The van der Waals surface area contributed by atoms with Crippen molar-refractivity contribution in [1.29, 1.82) is 0 Å². The van der Waals surface area contributed by atoms with Gasteiger partial charge in [0, 0.05) is 12.5 Å². The highest BCUT2D eigenvalue weighted by molar-refractivity contribution is 7.46. The van der Waals surface area contributed by atoms with Crippen LogP contribution in [0.3, 0.4) is 0 Å². The molecule has 0 bridgehead atoms. The van der Waals surface area contributed by atoms with Gasteiger partial charge in [0.15, 0.2) is 0 Å². The van der Waals surface area contributed by atoms with Gasteiger partial charge in [0.25, 0.3) is 0 Å². The highest BCUT2D eigenvalue weighted by atomic mass is 31.2. The van der Waals surface area contributed by atoms with Crippen LogP contribution in [0.15, 0.2) is 0 Å². The third-order valence-electron chi connectivity index (χ3n) is 9.56. The maximum Gasteiger partial charge on any atom is 0.469 e. The highest BCUT2D eigenvalue weighted by Crippen LogP contribution is 2.42. The van der Waals surface area contributed by atoms with Crippen molar-refractivity contribution in [3.8, 4) is 0 Å². The van der Waals surface area contributed by atoms with E-state index in [0.717, 1.165) is 51.4 Å². The molecule has 13 heteroatoms. The molecule has 290 valence electrons. The Labute approximate surface area is 295 Å². The number of nitrogens with one attached hydrogen (secondary N) is 1. The molecule has 0 aromatic heterocycles. The predicted molar refractivity (Wildman–Crippen MR) is 189 cm³/mol. The first-order valence-corrected chi connectivity index (χ1v) is 20.8. The SMILES string of the molecule is CCCCCCCCCCCC[C@@H](O)CC(=O)N[C@@H]1[C@@H](O)[C@H](OC(=O)C[C@H](O)CCCCCCCCCCC)[C@@H](CO)C[C@@H]1OP(=O)(O)O. The summed E-state index contributed by atoms with van der Waals surface area (Å²) in [7, 11) is -5.07. The minimum atomic E-state index is -5.07. The summed E-state index contributed by atoms with van der Waals surface area (Å²) in [6.07, 6.45) is 15.2. The zero-order chi connectivity index (χ0) is 36.5. The molecule has 0 aliphatic heterocycles. The number of phosphoric acid groups is 1. The molecule has 1 fully saturated rings. The molecule has 1 amide bonds. The Morgan fingerprint density at radius 1 is 0.735 bits per heavy atom. The summed E-state index contributed by atoms with van der Waals surface area (Å²) < 4.78 is 22.1. The third-order valence-corrected chi connectivity index (χ3v) is 10.1. The number of ether oxygens (including phenoxy) is 1. The van der Waals surface area contributed by atoms with Crippen molar-refractivity contribution in [2.45, 2.75) is 205 Å². The molecule has 1 aliphatic rings. The Kier molecular flexibility index (Phi) is 25.8. The van der Waals surface area contributed by atoms with Crippen molar-refractivity contribution >= 4 is 19.7 Å². The number of phosphoric ester groups is 1. The van der Waals surface area contributed by atoms with E-state index in [1.165, 1.54) is 70.6 Å². The summed E-state index contributed by atoms with van der Waals surface area (Å²) in [5.41, 5.74) is 0. The number of hydrogen-bond acceptors (Lipinski definition) is 9. The lowest BCUT2D eigenvalue weighted by Gasteiger charge is -2.43. The number of carbonyl (C=O) groups excluding carboxylic acids is 2. The lowest BCUT2D eigenvalue weighted by Crippen LogP contribution is -2.62. The fraction of sp³-hybridized carbons (Fsp3) is 0.944. The van der Waals surface area contributed by atoms with Crippen molar-refractivity contribution in [3.05, 3.63) is 0 Å². The van der Waals surface area contributed by atoms with Gasteiger partial charge in [-0.05, 0) is 19.3 Å². The van der Waals surface area contributed by atoms with Crippen LogP contribution in [0, 0.1) is 5.92 Å². The first-order valence-electron chi connectivity index (χ1n) is 19.3. The second kappa shape index (κ2) is 27.5. The monoisotopic (exact) mass is 723 g/mol. The van der Waals surface area contributed by atoms with E-state index >= 15 is 0 Å². The molecule has 0 radical (unpaired) electrons.